The number of nitrogens with zero attached hydrogens (tertiary/aromatic N) is 1. The van der Waals surface area contributed by atoms with E-state index in [4.69, 9.17) is 0 Å². The molecule has 0 aliphatic rings. The predicted octanol–water partition coefficient (Wildman–Crippen LogP) is 17.7. The van der Waals surface area contributed by atoms with Crippen molar-refractivity contribution < 1.29 is 0 Å². The summed E-state index contributed by atoms with van der Waals surface area (Å²) in [6, 6.07) is 86.8. The topological polar surface area (TPSA) is 3.24 Å². The average molecular weight is 806 g/mol. The first-order valence-corrected chi connectivity index (χ1v) is 22.0. The van der Waals surface area contributed by atoms with Crippen molar-refractivity contribution in [1.82, 2.24) is 0 Å². The Morgan fingerprint density at radius 3 is 1.15 bits per heavy atom. The van der Waals surface area contributed by atoms with Crippen LogP contribution in [0.25, 0.3) is 97.0 Å². The molecule has 0 unspecified atom stereocenters. The maximum atomic E-state index is 2.41. The number of hydrogen-bond donors (Lipinski definition) is 0. The molecule has 1 heterocycles. The van der Waals surface area contributed by atoms with Crippen LogP contribution in [0.3, 0.4) is 0 Å². The second-order valence-electron chi connectivity index (χ2n) is 16.1. The van der Waals surface area contributed by atoms with Gasteiger partial charge in [-0.2, -0.15) is 0 Å². The maximum Gasteiger partial charge on any atom is 0.0468 e. The Hall–Kier alpha value is -7.78. The van der Waals surface area contributed by atoms with Crippen molar-refractivity contribution in [1.29, 1.82) is 0 Å². The highest BCUT2D eigenvalue weighted by atomic mass is 32.1. The van der Waals surface area contributed by atoms with Crippen molar-refractivity contribution in [2.24, 2.45) is 0 Å². The lowest BCUT2D eigenvalue weighted by Gasteiger charge is -2.27. The van der Waals surface area contributed by atoms with E-state index in [0.29, 0.717) is 0 Å². The van der Waals surface area contributed by atoms with Crippen LogP contribution in [-0.2, 0) is 0 Å². The molecule has 0 N–H and O–H groups in total. The Morgan fingerprint density at radius 1 is 0.210 bits per heavy atom. The lowest BCUT2D eigenvalue weighted by atomic mass is 9.93. The number of anilines is 3. The molecule has 12 rings (SSSR count). The summed E-state index contributed by atoms with van der Waals surface area (Å²) < 4.78 is 2.65. The van der Waals surface area contributed by atoms with Crippen LogP contribution in [0.5, 0.6) is 0 Å². The molecule has 0 aliphatic heterocycles. The Kier molecular flexibility index (Phi) is 8.76. The van der Waals surface area contributed by atoms with Gasteiger partial charge in [0.25, 0.3) is 0 Å². The largest absolute Gasteiger partial charge is 0.310 e. The molecule has 0 saturated heterocycles. The van der Waals surface area contributed by atoms with E-state index in [-0.39, 0.29) is 0 Å². The van der Waals surface area contributed by atoms with Gasteiger partial charge in [-0.3, -0.25) is 0 Å². The van der Waals surface area contributed by atoms with E-state index in [0.717, 1.165) is 17.1 Å². The van der Waals surface area contributed by atoms with Crippen LogP contribution in [0.4, 0.5) is 17.1 Å². The van der Waals surface area contributed by atoms with Crippen LogP contribution < -0.4 is 4.90 Å². The molecular formula is C60H39NS. The minimum Gasteiger partial charge on any atom is -0.310 e. The lowest BCUT2D eigenvalue weighted by Crippen LogP contribution is -2.10. The van der Waals surface area contributed by atoms with Gasteiger partial charge in [0.2, 0.25) is 0 Å². The number of benzene rings is 11. The van der Waals surface area contributed by atoms with E-state index in [1.807, 2.05) is 11.3 Å². The molecule has 0 atom stereocenters. The molecule has 0 bridgehead atoms. The summed E-state index contributed by atoms with van der Waals surface area (Å²) >= 11 is 1.86. The molecule has 11 aromatic carbocycles. The summed E-state index contributed by atoms with van der Waals surface area (Å²) in [7, 11) is 0. The summed E-state index contributed by atoms with van der Waals surface area (Å²) in [4.78, 5) is 2.41. The van der Waals surface area contributed by atoms with Gasteiger partial charge in [0, 0.05) is 37.2 Å². The molecule has 1 nitrogen and oxygen atoms in total. The fourth-order valence-electron chi connectivity index (χ4n) is 9.38. The van der Waals surface area contributed by atoms with Gasteiger partial charge in [0.05, 0.1) is 0 Å². The first kappa shape index (κ1) is 36.1. The Morgan fingerprint density at radius 2 is 0.597 bits per heavy atom. The molecule has 0 amide bonds. The van der Waals surface area contributed by atoms with Crippen molar-refractivity contribution in [3.63, 3.8) is 0 Å². The Bertz CT molecular complexity index is 3510. The quantitative estimate of drug-likeness (QED) is 0.145. The van der Waals surface area contributed by atoms with Gasteiger partial charge in [-0.15, -0.1) is 11.3 Å². The van der Waals surface area contributed by atoms with Crippen LogP contribution in [-0.4, -0.2) is 0 Å². The van der Waals surface area contributed by atoms with Gasteiger partial charge in [0.1, 0.15) is 0 Å². The van der Waals surface area contributed by atoms with Crippen LogP contribution in [0.15, 0.2) is 237 Å². The molecular weight excluding hydrogens is 767 g/mol. The molecule has 12 aromatic rings. The zero-order valence-corrected chi connectivity index (χ0v) is 34.7. The number of fused-ring (bicyclic) bond motifs is 9. The number of rotatable bonds is 7. The molecule has 2 heteroatoms. The molecule has 62 heavy (non-hydrogen) atoms. The Labute approximate surface area is 365 Å². The molecule has 1 aromatic heterocycles. The van der Waals surface area contributed by atoms with E-state index in [9.17, 15) is 0 Å². The summed E-state index contributed by atoms with van der Waals surface area (Å²) in [5.41, 5.74) is 12.9. The fraction of sp³-hybridized carbons (Fsp3) is 0. The normalized spacial score (nSPS) is 11.5. The second kappa shape index (κ2) is 15.0. The maximum absolute atomic E-state index is 2.41. The third-order valence-electron chi connectivity index (χ3n) is 12.4. The first-order chi connectivity index (χ1) is 30.7. The van der Waals surface area contributed by atoms with Crippen molar-refractivity contribution >= 4 is 80.9 Å². The summed E-state index contributed by atoms with van der Waals surface area (Å²) in [6.45, 7) is 0. The molecule has 0 aliphatic carbocycles. The van der Waals surface area contributed by atoms with Gasteiger partial charge in [-0.05, 0) is 150 Å². The minimum atomic E-state index is 1.10. The van der Waals surface area contributed by atoms with Crippen LogP contribution in [0.1, 0.15) is 0 Å². The van der Waals surface area contributed by atoms with E-state index in [1.54, 1.807) is 0 Å². The molecule has 0 radical (unpaired) electrons. The zero-order valence-electron chi connectivity index (χ0n) is 33.9. The number of thiophene rings is 1. The van der Waals surface area contributed by atoms with Crippen molar-refractivity contribution in [3.8, 4) is 44.5 Å². The highest BCUT2D eigenvalue weighted by Gasteiger charge is 2.17. The van der Waals surface area contributed by atoms with Crippen molar-refractivity contribution in [2.45, 2.75) is 0 Å². The van der Waals surface area contributed by atoms with Gasteiger partial charge >= 0.3 is 0 Å². The van der Waals surface area contributed by atoms with E-state index in [1.165, 1.54) is 97.0 Å². The average Bonchev–Trinajstić information content (AvgIpc) is 3.73. The van der Waals surface area contributed by atoms with Crippen LogP contribution in [0, 0.1) is 0 Å². The van der Waals surface area contributed by atoms with Gasteiger partial charge in [-0.1, -0.05) is 164 Å². The van der Waals surface area contributed by atoms with E-state index in [2.05, 4.69) is 241 Å². The highest BCUT2D eigenvalue weighted by Crippen LogP contribution is 2.43. The standard InChI is InChI=1S/C60H39NS/c1-3-13-40(14-4-1)45-35-46(41-15-5-2-6-16-41)37-47(36-45)43-25-30-49(31-26-43)61(50-32-33-55-53-19-8-7-17-51(53)52-18-9-10-20-54(52)57(55)39-50)48-28-23-42(24-29-48)44-27-34-60-58(38-44)56-21-11-12-22-59(56)62-60/h1-39H. The predicted molar refractivity (Wildman–Crippen MR) is 268 cm³/mol. The molecule has 0 fully saturated rings. The van der Waals surface area contributed by atoms with Gasteiger partial charge in [0.15, 0.2) is 0 Å². The smallest absolute Gasteiger partial charge is 0.0468 e. The SMILES string of the molecule is c1ccc(-c2cc(-c3ccccc3)cc(-c3ccc(N(c4ccc(-c5ccc6sc7ccccc7c6c5)cc4)c4ccc5c6ccccc6c6ccccc6c5c4)cc3)c2)cc1. The fourth-order valence-corrected chi connectivity index (χ4v) is 10.5. The Balaban J connectivity index is 0.993. The third-order valence-corrected chi connectivity index (χ3v) is 13.6. The van der Waals surface area contributed by atoms with Crippen molar-refractivity contribution in [2.75, 3.05) is 4.90 Å². The van der Waals surface area contributed by atoms with Crippen molar-refractivity contribution in [3.05, 3.63) is 237 Å². The molecule has 0 saturated carbocycles. The zero-order chi connectivity index (χ0) is 41.0. The minimum absolute atomic E-state index is 1.10. The lowest BCUT2D eigenvalue weighted by molar-refractivity contribution is 1.29. The first-order valence-electron chi connectivity index (χ1n) is 21.2. The van der Waals surface area contributed by atoms with Gasteiger partial charge in [-0.25, -0.2) is 0 Å². The summed E-state index contributed by atoms with van der Waals surface area (Å²) in [6.07, 6.45) is 0. The second-order valence-corrected chi connectivity index (χ2v) is 17.2. The van der Waals surface area contributed by atoms with Gasteiger partial charge < -0.3 is 4.90 Å². The number of hydrogen-bond acceptors (Lipinski definition) is 2. The summed E-state index contributed by atoms with van der Waals surface area (Å²) in [5, 5.41) is 10.2. The van der Waals surface area contributed by atoms with Crippen LogP contribution in [0.2, 0.25) is 0 Å². The summed E-state index contributed by atoms with van der Waals surface area (Å²) in [5.74, 6) is 0. The molecule has 290 valence electrons. The van der Waals surface area contributed by atoms with E-state index < -0.39 is 0 Å². The monoisotopic (exact) mass is 805 g/mol. The third kappa shape index (κ3) is 6.32. The highest BCUT2D eigenvalue weighted by molar-refractivity contribution is 7.25. The van der Waals surface area contributed by atoms with E-state index >= 15 is 0 Å². The van der Waals surface area contributed by atoms with Crippen LogP contribution >= 0.6 is 11.3 Å². The molecule has 0 spiro atoms.